The van der Waals surface area contributed by atoms with Crippen molar-refractivity contribution in [2.45, 2.75) is 25.8 Å². The highest BCUT2D eigenvalue weighted by atomic mass is 16.2. The van der Waals surface area contributed by atoms with Gasteiger partial charge in [0.25, 0.3) is 0 Å². The van der Waals surface area contributed by atoms with Gasteiger partial charge in [0.2, 0.25) is 11.8 Å². The molecule has 15 heavy (non-hydrogen) atoms. The Labute approximate surface area is 91.2 Å². The van der Waals surface area contributed by atoms with E-state index in [1.54, 1.807) is 21.1 Å². The fourth-order valence-electron chi connectivity index (χ4n) is 0.974. The molecule has 0 aromatic heterocycles. The van der Waals surface area contributed by atoms with Gasteiger partial charge < -0.3 is 15.5 Å². The molecular weight excluding hydrogens is 194 g/mol. The third-order valence-corrected chi connectivity index (χ3v) is 2.11. The first-order valence-corrected chi connectivity index (χ1v) is 5.04. The van der Waals surface area contributed by atoms with Gasteiger partial charge in [0, 0.05) is 33.6 Å². The van der Waals surface area contributed by atoms with Crippen LogP contribution in [0.25, 0.3) is 0 Å². The number of likely N-dealkylation sites (N-methyl/N-ethyl adjacent to an activating group) is 2. The zero-order chi connectivity index (χ0) is 12.0. The van der Waals surface area contributed by atoms with Crippen molar-refractivity contribution in [3.63, 3.8) is 0 Å². The highest BCUT2D eigenvalue weighted by molar-refractivity contribution is 5.84. The molecule has 0 rings (SSSR count). The quantitative estimate of drug-likeness (QED) is 0.682. The normalized spacial score (nSPS) is 12.1. The first kappa shape index (κ1) is 13.9. The molecule has 2 amide bonds. The Morgan fingerprint density at radius 1 is 1.20 bits per heavy atom. The summed E-state index contributed by atoms with van der Waals surface area (Å²) in [5.74, 6) is -0.117. The van der Waals surface area contributed by atoms with Crippen LogP contribution in [0.15, 0.2) is 0 Å². The van der Waals surface area contributed by atoms with Gasteiger partial charge in [-0.2, -0.15) is 0 Å². The summed E-state index contributed by atoms with van der Waals surface area (Å²) in [5, 5.41) is 0. The smallest absolute Gasteiger partial charge is 0.241 e. The summed E-state index contributed by atoms with van der Waals surface area (Å²) < 4.78 is 0. The molecule has 0 saturated heterocycles. The van der Waals surface area contributed by atoms with Gasteiger partial charge in [0.1, 0.15) is 0 Å². The highest BCUT2D eigenvalue weighted by Crippen LogP contribution is 1.98. The Hall–Kier alpha value is -1.10. The van der Waals surface area contributed by atoms with Crippen molar-refractivity contribution < 1.29 is 9.59 Å². The van der Waals surface area contributed by atoms with E-state index in [4.69, 9.17) is 5.73 Å². The van der Waals surface area contributed by atoms with Crippen LogP contribution in [0.2, 0.25) is 0 Å². The summed E-state index contributed by atoms with van der Waals surface area (Å²) in [4.78, 5) is 25.7. The third kappa shape index (κ3) is 6.06. The van der Waals surface area contributed by atoms with E-state index in [0.29, 0.717) is 12.8 Å². The Morgan fingerprint density at radius 2 is 1.73 bits per heavy atom. The molecule has 0 bridgehead atoms. The van der Waals surface area contributed by atoms with Crippen molar-refractivity contribution >= 4 is 11.8 Å². The lowest BCUT2D eigenvalue weighted by atomic mass is 10.2. The molecule has 0 aromatic rings. The highest BCUT2D eigenvalue weighted by Gasteiger charge is 2.14. The molecule has 0 aliphatic rings. The van der Waals surface area contributed by atoms with Crippen LogP contribution < -0.4 is 5.73 Å². The topological polar surface area (TPSA) is 66.6 Å². The second-order valence-electron chi connectivity index (χ2n) is 4.05. The molecule has 5 heteroatoms. The van der Waals surface area contributed by atoms with Gasteiger partial charge in [-0.15, -0.1) is 0 Å². The number of nitrogens with zero attached hydrogens (tertiary/aromatic N) is 2. The van der Waals surface area contributed by atoms with Gasteiger partial charge in [0.15, 0.2) is 0 Å². The number of amides is 2. The monoisotopic (exact) mass is 215 g/mol. The largest absolute Gasteiger partial charge is 0.347 e. The number of hydrogen-bond donors (Lipinski definition) is 1. The van der Waals surface area contributed by atoms with Crippen LogP contribution in [-0.4, -0.2) is 55.3 Å². The molecule has 0 aromatic carbocycles. The maximum atomic E-state index is 11.5. The van der Waals surface area contributed by atoms with E-state index in [1.807, 2.05) is 6.92 Å². The van der Waals surface area contributed by atoms with E-state index < -0.39 is 0 Å². The lowest BCUT2D eigenvalue weighted by molar-refractivity contribution is -0.138. The molecule has 0 aliphatic carbocycles. The Morgan fingerprint density at radius 3 is 2.13 bits per heavy atom. The number of nitrogens with two attached hydrogens (primary N) is 1. The van der Waals surface area contributed by atoms with E-state index in [1.165, 1.54) is 9.80 Å². The fraction of sp³-hybridized carbons (Fsp3) is 0.800. The summed E-state index contributed by atoms with van der Waals surface area (Å²) >= 11 is 0. The van der Waals surface area contributed by atoms with Gasteiger partial charge >= 0.3 is 0 Å². The van der Waals surface area contributed by atoms with Crippen LogP contribution in [0, 0.1) is 0 Å². The molecule has 2 N–H and O–H groups in total. The number of carbonyl (C=O) groups excluding carboxylic acids is 2. The third-order valence-electron chi connectivity index (χ3n) is 2.11. The number of hydrogen-bond acceptors (Lipinski definition) is 3. The molecule has 1 unspecified atom stereocenters. The average molecular weight is 215 g/mol. The molecule has 0 aliphatic heterocycles. The predicted molar refractivity (Wildman–Crippen MR) is 59.2 cm³/mol. The van der Waals surface area contributed by atoms with E-state index in [2.05, 4.69) is 0 Å². The summed E-state index contributed by atoms with van der Waals surface area (Å²) in [6.07, 6.45) is 1.05. The zero-order valence-corrected chi connectivity index (χ0v) is 9.99. The average Bonchev–Trinajstić information content (AvgIpc) is 2.13. The van der Waals surface area contributed by atoms with E-state index >= 15 is 0 Å². The van der Waals surface area contributed by atoms with Crippen molar-refractivity contribution in [1.29, 1.82) is 0 Å². The molecule has 88 valence electrons. The maximum absolute atomic E-state index is 11.5. The molecule has 0 spiro atoms. The van der Waals surface area contributed by atoms with Crippen LogP contribution in [0.1, 0.15) is 19.8 Å². The summed E-state index contributed by atoms with van der Waals surface area (Å²) in [6.45, 7) is 1.99. The molecule has 0 radical (unpaired) electrons. The van der Waals surface area contributed by atoms with Gasteiger partial charge in [-0.3, -0.25) is 9.59 Å². The summed E-state index contributed by atoms with van der Waals surface area (Å²) in [6, 6.07) is 0.0203. The van der Waals surface area contributed by atoms with Gasteiger partial charge in [-0.05, 0) is 13.3 Å². The van der Waals surface area contributed by atoms with Crippen LogP contribution >= 0.6 is 0 Å². The van der Waals surface area contributed by atoms with Gasteiger partial charge in [-0.25, -0.2) is 0 Å². The molecular formula is C10H21N3O2. The Bertz CT molecular complexity index is 227. The maximum Gasteiger partial charge on any atom is 0.241 e. The standard InChI is InChI=1S/C10H21N3O2/c1-8(11)5-6-9(14)13(4)7-10(15)12(2)3/h8H,5-7,11H2,1-4H3. The molecule has 5 nitrogen and oxygen atoms in total. The summed E-state index contributed by atoms with van der Waals surface area (Å²) in [5.41, 5.74) is 5.54. The molecule has 1 atom stereocenters. The zero-order valence-electron chi connectivity index (χ0n) is 9.99. The first-order chi connectivity index (χ1) is 6.84. The van der Waals surface area contributed by atoms with Gasteiger partial charge in [-0.1, -0.05) is 0 Å². The van der Waals surface area contributed by atoms with Crippen LogP contribution in [-0.2, 0) is 9.59 Å². The second-order valence-corrected chi connectivity index (χ2v) is 4.05. The lowest BCUT2D eigenvalue weighted by Crippen LogP contribution is -2.38. The summed E-state index contributed by atoms with van der Waals surface area (Å²) in [7, 11) is 4.97. The van der Waals surface area contributed by atoms with Crippen molar-refractivity contribution in [3.8, 4) is 0 Å². The van der Waals surface area contributed by atoms with Gasteiger partial charge in [0.05, 0.1) is 6.54 Å². The minimum absolute atomic E-state index is 0.0203. The van der Waals surface area contributed by atoms with E-state index in [-0.39, 0.29) is 24.4 Å². The Kier molecular flexibility index (Phi) is 5.93. The number of carbonyl (C=O) groups is 2. The van der Waals surface area contributed by atoms with E-state index in [0.717, 1.165) is 0 Å². The van der Waals surface area contributed by atoms with Crippen LogP contribution in [0.4, 0.5) is 0 Å². The molecule has 0 heterocycles. The molecule has 0 saturated carbocycles. The second kappa shape index (κ2) is 6.40. The lowest BCUT2D eigenvalue weighted by Gasteiger charge is -2.19. The van der Waals surface area contributed by atoms with Crippen molar-refractivity contribution in [1.82, 2.24) is 9.80 Å². The fourth-order valence-corrected chi connectivity index (χ4v) is 0.974. The first-order valence-electron chi connectivity index (χ1n) is 5.04. The minimum atomic E-state index is -0.0772. The van der Waals surface area contributed by atoms with Crippen molar-refractivity contribution in [3.05, 3.63) is 0 Å². The minimum Gasteiger partial charge on any atom is -0.347 e. The van der Waals surface area contributed by atoms with Crippen LogP contribution in [0.3, 0.4) is 0 Å². The van der Waals surface area contributed by atoms with Crippen molar-refractivity contribution in [2.24, 2.45) is 5.73 Å². The van der Waals surface area contributed by atoms with Crippen LogP contribution in [0.5, 0.6) is 0 Å². The van der Waals surface area contributed by atoms with E-state index in [9.17, 15) is 9.59 Å². The number of rotatable bonds is 5. The van der Waals surface area contributed by atoms with Crippen molar-refractivity contribution in [2.75, 3.05) is 27.7 Å². The predicted octanol–water partition coefficient (Wildman–Crippen LogP) is -0.340. The Balaban J connectivity index is 3.94. The SMILES string of the molecule is CC(N)CCC(=O)N(C)CC(=O)N(C)C. The molecule has 0 fully saturated rings.